The molecule has 0 amide bonds. The first-order valence-corrected chi connectivity index (χ1v) is 6.84. The molecule has 0 N–H and O–H groups in total. The van der Waals surface area contributed by atoms with Crippen molar-refractivity contribution in [2.75, 3.05) is 0 Å². The molecule has 4 heteroatoms. The first-order chi connectivity index (χ1) is 8.97. The Kier molecular flexibility index (Phi) is 4.51. The average molecular weight is 314 g/mol. The number of hydrogen-bond acceptors (Lipinski definition) is 1. The van der Waals surface area contributed by atoms with E-state index >= 15 is 0 Å². The van der Waals surface area contributed by atoms with Crippen LogP contribution in [0.15, 0.2) is 36.4 Å². The number of aryl methyl sites for hydroxylation is 1. The van der Waals surface area contributed by atoms with Crippen molar-refractivity contribution in [3.05, 3.63) is 68.2 Å². The van der Waals surface area contributed by atoms with Crippen molar-refractivity contribution in [1.82, 2.24) is 0 Å². The fourth-order valence-electron chi connectivity index (χ4n) is 1.87. The van der Waals surface area contributed by atoms with Crippen LogP contribution >= 0.6 is 34.8 Å². The van der Waals surface area contributed by atoms with E-state index in [0.29, 0.717) is 20.6 Å². The third-order valence-corrected chi connectivity index (χ3v) is 3.68. The number of halogens is 3. The molecule has 0 aliphatic carbocycles. The number of benzene rings is 2. The van der Waals surface area contributed by atoms with Crippen molar-refractivity contribution < 1.29 is 4.79 Å². The Hall–Kier alpha value is -1.02. The van der Waals surface area contributed by atoms with Crippen LogP contribution in [0.3, 0.4) is 0 Å². The fourth-order valence-corrected chi connectivity index (χ4v) is 2.58. The minimum atomic E-state index is 0.0124. The molecule has 0 fully saturated rings. The molecule has 2 aromatic rings. The van der Waals surface area contributed by atoms with Crippen LogP contribution < -0.4 is 0 Å². The Balaban J connectivity index is 2.25. The average Bonchev–Trinajstić information content (AvgIpc) is 2.32. The van der Waals surface area contributed by atoms with Crippen LogP contribution in [0, 0.1) is 6.92 Å². The molecule has 0 atom stereocenters. The molecule has 2 rings (SSSR count). The first kappa shape index (κ1) is 14.4. The van der Waals surface area contributed by atoms with Crippen molar-refractivity contribution in [2.24, 2.45) is 0 Å². The molecular weight excluding hydrogens is 303 g/mol. The molecule has 0 saturated carbocycles. The van der Waals surface area contributed by atoms with E-state index < -0.39 is 0 Å². The van der Waals surface area contributed by atoms with Gasteiger partial charge >= 0.3 is 0 Å². The predicted octanol–water partition coefficient (Wildman–Crippen LogP) is 5.38. The maximum atomic E-state index is 12.2. The molecule has 0 radical (unpaired) electrons. The molecule has 0 unspecified atom stereocenters. The van der Waals surface area contributed by atoms with E-state index in [0.717, 1.165) is 11.1 Å². The van der Waals surface area contributed by atoms with Gasteiger partial charge in [0.1, 0.15) is 0 Å². The van der Waals surface area contributed by atoms with Gasteiger partial charge in [-0.25, -0.2) is 0 Å². The van der Waals surface area contributed by atoms with Crippen LogP contribution in [-0.4, -0.2) is 5.78 Å². The van der Waals surface area contributed by atoms with E-state index in [1.807, 2.05) is 6.92 Å². The summed E-state index contributed by atoms with van der Waals surface area (Å²) in [5.41, 5.74) is 2.29. The number of ketones is 1. The molecule has 0 aromatic heterocycles. The van der Waals surface area contributed by atoms with Crippen LogP contribution in [0.1, 0.15) is 21.5 Å². The molecule has 0 saturated heterocycles. The van der Waals surface area contributed by atoms with Gasteiger partial charge in [-0.1, -0.05) is 40.9 Å². The summed E-state index contributed by atoms with van der Waals surface area (Å²) in [6, 6.07) is 10.4. The van der Waals surface area contributed by atoms with Crippen molar-refractivity contribution in [3.8, 4) is 0 Å². The molecule has 0 aliphatic heterocycles. The van der Waals surface area contributed by atoms with Gasteiger partial charge in [-0.2, -0.15) is 0 Å². The van der Waals surface area contributed by atoms with E-state index in [-0.39, 0.29) is 12.2 Å². The molecule has 2 aromatic carbocycles. The van der Waals surface area contributed by atoms with Gasteiger partial charge < -0.3 is 0 Å². The zero-order valence-electron chi connectivity index (χ0n) is 10.2. The molecule has 98 valence electrons. The predicted molar refractivity (Wildman–Crippen MR) is 80.7 cm³/mol. The van der Waals surface area contributed by atoms with Gasteiger partial charge in [0.2, 0.25) is 0 Å². The minimum absolute atomic E-state index is 0.0124. The number of carbonyl (C=O) groups excluding carboxylic acids is 1. The number of carbonyl (C=O) groups is 1. The molecule has 0 aliphatic rings. The van der Waals surface area contributed by atoms with Crippen molar-refractivity contribution >= 4 is 40.6 Å². The minimum Gasteiger partial charge on any atom is -0.294 e. The zero-order valence-corrected chi connectivity index (χ0v) is 12.5. The third-order valence-electron chi connectivity index (χ3n) is 2.85. The van der Waals surface area contributed by atoms with Gasteiger partial charge in [-0.15, -0.1) is 0 Å². The van der Waals surface area contributed by atoms with Gasteiger partial charge in [0.05, 0.1) is 0 Å². The Bertz CT molecular complexity index is 635. The van der Waals surface area contributed by atoms with E-state index in [9.17, 15) is 4.79 Å². The number of hydrogen-bond donors (Lipinski definition) is 0. The Morgan fingerprint density at radius 2 is 1.63 bits per heavy atom. The molecule has 0 spiro atoms. The largest absolute Gasteiger partial charge is 0.294 e. The summed E-state index contributed by atoms with van der Waals surface area (Å²) in [6.45, 7) is 1.86. The van der Waals surface area contributed by atoms with Gasteiger partial charge in [-0.05, 0) is 48.4 Å². The van der Waals surface area contributed by atoms with Crippen molar-refractivity contribution in [3.63, 3.8) is 0 Å². The summed E-state index contributed by atoms with van der Waals surface area (Å²) < 4.78 is 0. The second-order valence-corrected chi connectivity index (χ2v) is 5.57. The van der Waals surface area contributed by atoms with Gasteiger partial charge in [0.15, 0.2) is 5.78 Å². The zero-order chi connectivity index (χ0) is 14.0. The summed E-state index contributed by atoms with van der Waals surface area (Å²) in [6.07, 6.45) is 0.248. The standard InChI is InChI=1S/C15H11Cl3O/c1-9-6-11(16)4-5-13(9)15(19)7-10-2-3-12(17)8-14(10)18/h2-6,8H,7H2,1H3. The van der Waals surface area contributed by atoms with Crippen LogP contribution in [0.4, 0.5) is 0 Å². The quantitative estimate of drug-likeness (QED) is 0.695. The first-order valence-electron chi connectivity index (χ1n) is 5.70. The summed E-state index contributed by atoms with van der Waals surface area (Å²) in [5.74, 6) is 0.0124. The van der Waals surface area contributed by atoms with Crippen LogP contribution in [0.2, 0.25) is 15.1 Å². The highest BCUT2D eigenvalue weighted by Crippen LogP contribution is 2.23. The second kappa shape index (κ2) is 5.96. The Morgan fingerprint density at radius 3 is 2.26 bits per heavy atom. The maximum Gasteiger partial charge on any atom is 0.167 e. The van der Waals surface area contributed by atoms with Crippen molar-refractivity contribution in [1.29, 1.82) is 0 Å². The van der Waals surface area contributed by atoms with Crippen LogP contribution in [-0.2, 0) is 6.42 Å². The maximum absolute atomic E-state index is 12.2. The monoisotopic (exact) mass is 312 g/mol. The summed E-state index contributed by atoms with van der Waals surface area (Å²) in [5, 5.41) is 1.69. The lowest BCUT2D eigenvalue weighted by atomic mass is 9.99. The molecule has 19 heavy (non-hydrogen) atoms. The van der Waals surface area contributed by atoms with Crippen molar-refractivity contribution in [2.45, 2.75) is 13.3 Å². The highest BCUT2D eigenvalue weighted by Gasteiger charge is 2.12. The third kappa shape index (κ3) is 3.50. The van der Waals surface area contributed by atoms with Gasteiger partial charge in [0.25, 0.3) is 0 Å². The number of rotatable bonds is 3. The van der Waals surface area contributed by atoms with E-state index in [1.54, 1.807) is 36.4 Å². The highest BCUT2D eigenvalue weighted by atomic mass is 35.5. The van der Waals surface area contributed by atoms with Crippen LogP contribution in [0.5, 0.6) is 0 Å². The van der Waals surface area contributed by atoms with Gasteiger partial charge in [-0.3, -0.25) is 4.79 Å². The van der Waals surface area contributed by atoms with Gasteiger partial charge in [0, 0.05) is 27.1 Å². The topological polar surface area (TPSA) is 17.1 Å². The molecular formula is C15H11Cl3O. The summed E-state index contributed by atoms with van der Waals surface area (Å²) in [7, 11) is 0. The van der Waals surface area contributed by atoms with E-state index in [1.165, 1.54) is 0 Å². The molecule has 0 bridgehead atoms. The van der Waals surface area contributed by atoms with Crippen LogP contribution in [0.25, 0.3) is 0 Å². The smallest absolute Gasteiger partial charge is 0.167 e. The summed E-state index contributed by atoms with van der Waals surface area (Å²) in [4.78, 5) is 12.2. The highest BCUT2D eigenvalue weighted by molar-refractivity contribution is 6.35. The SMILES string of the molecule is Cc1cc(Cl)ccc1C(=O)Cc1ccc(Cl)cc1Cl. The fraction of sp³-hybridized carbons (Fsp3) is 0.133. The number of Topliss-reactive ketones (excluding diaryl/α,β-unsaturated/α-hetero) is 1. The lowest BCUT2D eigenvalue weighted by Crippen LogP contribution is -2.06. The molecule has 1 nitrogen and oxygen atoms in total. The summed E-state index contributed by atoms with van der Waals surface area (Å²) >= 11 is 17.8. The normalized spacial score (nSPS) is 10.5. The molecule has 0 heterocycles. The van der Waals surface area contributed by atoms with E-state index in [2.05, 4.69) is 0 Å². The lowest BCUT2D eigenvalue weighted by molar-refractivity contribution is 0.0992. The lowest BCUT2D eigenvalue weighted by Gasteiger charge is -2.07. The Labute approximate surface area is 127 Å². The van der Waals surface area contributed by atoms with E-state index in [4.69, 9.17) is 34.8 Å². The second-order valence-electron chi connectivity index (χ2n) is 4.29. The Morgan fingerprint density at radius 1 is 1.00 bits per heavy atom.